The zero-order chi connectivity index (χ0) is 12.4. The van der Waals surface area contributed by atoms with Gasteiger partial charge in [0.15, 0.2) is 11.6 Å². The number of hydrogen-bond acceptors (Lipinski definition) is 1. The lowest BCUT2D eigenvalue weighted by molar-refractivity contribution is 0.0519. The topological polar surface area (TPSA) is 20.2 Å². The SMILES string of the molecule is CC1CCC(O)C(Cc2ccc(F)c(F)c2)C1. The van der Waals surface area contributed by atoms with Crippen LogP contribution in [-0.4, -0.2) is 11.2 Å². The quantitative estimate of drug-likeness (QED) is 0.841. The lowest BCUT2D eigenvalue weighted by Gasteiger charge is -2.31. The first-order chi connectivity index (χ1) is 8.06. The Morgan fingerprint density at radius 1 is 1.24 bits per heavy atom. The number of aliphatic hydroxyl groups excluding tert-OH is 1. The Kier molecular flexibility index (Phi) is 3.77. The van der Waals surface area contributed by atoms with Crippen LogP contribution < -0.4 is 0 Å². The van der Waals surface area contributed by atoms with Crippen LogP contribution in [0.1, 0.15) is 31.7 Å². The fourth-order valence-electron chi connectivity index (χ4n) is 2.67. The summed E-state index contributed by atoms with van der Waals surface area (Å²) < 4.78 is 25.9. The van der Waals surface area contributed by atoms with Crippen molar-refractivity contribution in [2.45, 2.75) is 38.7 Å². The van der Waals surface area contributed by atoms with Gasteiger partial charge in [0, 0.05) is 0 Å². The summed E-state index contributed by atoms with van der Waals surface area (Å²) in [5, 5.41) is 9.90. The lowest BCUT2D eigenvalue weighted by atomic mass is 9.77. The van der Waals surface area contributed by atoms with Crippen LogP contribution in [0.25, 0.3) is 0 Å². The molecular formula is C14H18F2O. The molecule has 0 spiro atoms. The smallest absolute Gasteiger partial charge is 0.159 e. The molecule has 0 aromatic heterocycles. The van der Waals surface area contributed by atoms with Gasteiger partial charge in [-0.2, -0.15) is 0 Å². The second-order valence-electron chi connectivity index (χ2n) is 5.20. The molecule has 3 heteroatoms. The van der Waals surface area contributed by atoms with Crippen LogP contribution in [0.2, 0.25) is 0 Å². The Balaban J connectivity index is 2.06. The monoisotopic (exact) mass is 240 g/mol. The van der Waals surface area contributed by atoms with Gasteiger partial charge in [0.25, 0.3) is 0 Å². The van der Waals surface area contributed by atoms with Crippen molar-refractivity contribution in [1.82, 2.24) is 0 Å². The van der Waals surface area contributed by atoms with Crippen molar-refractivity contribution in [3.05, 3.63) is 35.4 Å². The van der Waals surface area contributed by atoms with Crippen molar-refractivity contribution < 1.29 is 13.9 Å². The summed E-state index contributed by atoms with van der Waals surface area (Å²) in [6.07, 6.45) is 3.15. The van der Waals surface area contributed by atoms with Gasteiger partial charge in [0.2, 0.25) is 0 Å². The van der Waals surface area contributed by atoms with E-state index in [1.807, 2.05) is 0 Å². The van der Waals surface area contributed by atoms with Crippen molar-refractivity contribution in [3.63, 3.8) is 0 Å². The highest BCUT2D eigenvalue weighted by Gasteiger charge is 2.27. The average molecular weight is 240 g/mol. The third-order valence-corrected chi connectivity index (χ3v) is 3.69. The van der Waals surface area contributed by atoms with E-state index < -0.39 is 11.6 Å². The molecule has 0 saturated heterocycles. The van der Waals surface area contributed by atoms with Gasteiger partial charge in [-0.3, -0.25) is 0 Å². The molecule has 17 heavy (non-hydrogen) atoms. The molecule has 1 aliphatic carbocycles. The van der Waals surface area contributed by atoms with Crippen LogP contribution in [0.15, 0.2) is 18.2 Å². The van der Waals surface area contributed by atoms with E-state index in [2.05, 4.69) is 6.92 Å². The maximum atomic E-state index is 13.1. The van der Waals surface area contributed by atoms with Crippen LogP contribution in [0.3, 0.4) is 0 Å². The van der Waals surface area contributed by atoms with Crippen molar-refractivity contribution in [3.8, 4) is 0 Å². The number of halogens is 2. The van der Waals surface area contributed by atoms with Gasteiger partial charge in [-0.15, -0.1) is 0 Å². The summed E-state index contributed by atoms with van der Waals surface area (Å²) in [6.45, 7) is 2.17. The predicted molar refractivity (Wildman–Crippen MR) is 62.6 cm³/mol. The fraction of sp³-hybridized carbons (Fsp3) is 0.571. The van der Waals surface area contributed by atoms with Gasteiger partial charge in [-0.1, -0.05) is 13.0 Å². The largest absolute Gasteiger partial charge is 0.393 e. The molecule has 1 fully saturated rings. The second kappa shape index (κ2) is 5.13. The molecule has 3 atom stereocenters. The molecule has 0 aliphatic heterocycles. The molecule has 1 aromatic carbocycles. The van der Waals surface area contributed by atoms with Crippen LogP contribution in [0.4, 0.5) is 8.78 Å². The van der Waals surface area contributed by atoms with E-state index in [1.54, 1.807) is 6.07 Å². The zero-order valence-corrected chi connectivity index (χ0v) is 10.00. The minimum absolute atomic E-state index is 0.170. The fourth-order valence-corrected chi connectivity index (χ4v) is 2.67. The normalized spacial score (nSPS) is 29.3. The first-order valence-corrected chi connectivity index (χ1v) is 6.18. The molecule has 2 rings (SSSR count). The summed E-state index contributed by atoms with van der Waals surface area (Å²) in [4.78, 5) is 0. The van der Waals surface area contributed by atoms with Gasteiger partial charge in [0.05, 0.1) is 6.10 Å². The number of aliphatic hydroxyl groups is 1. The van der Waals surface area contributed by atoms with Gasteiger partial charge in [0.1, 0.15) is 0 Å². The summed E-state index contributed by atoms with van der Waals surface area (Å²) in [6, 6.07) is 4.00. The summed E-state index contributed by atoms with van der Waals surface area (Å²) in [5.74, 6) is -0.843. The van der Waals surface area contributed by atoms with Crippen molar-refractivity contribution in [2.24, 2.45) is 11.8 Å². The highest BCUT2D eigenvalue weighted by molar-refractivity contribution is 5.18. The minimum Gasteiger partial charge on any atom is -0.393 e. The first kappa shape index (κ1) is 12.5. The van der Waals surface area contributed by atoms with E-state index in [-0.39, 0.29) is 12.0 Å². The molecule has 0 bridgehead atoms. The molecule has 1 N–H and O–H groups in total. The molecule has 1 aromatic rings. The van der Waals surface area contributed by atoms with Crippen LogP contribution in [0.5, 0.6) is 0 Å². The van der Waals surface area contributed by atoms with E-state index in [4.69, 9.17) is 0 Å². The third-order valence-electron chi connectivity index (χ3n) is 3.69. The number of benzene rings is 1. The van der Waals surface area contributed by atoms with E-state index in [9.17, 15) is 13.9 Å². The highest BCUT2D eigenvalue weighted by atomic mass is 19.2. The molecule has 94 valence electrons. The molecule has 1 saturated carbocycles. The molecule has 0 radical (unpaired) electrons. The Bertz CT molecular complexity index is 392. The van der Waals surface area contributed by atoms with Crippen molar-refractivity contribution >= 4 is 0 Å². The third kappa shape index (κ3) is 3.03. The Hall–Kier alpha value is -0.960. The zero-order valence-electron chi connectivity index (χ0n) is 10.00. The maximum absolute atomic E-state index is 13.1. The van der Waals surface area contributed by atoms with Crippen LogP contribution in [-0.2, 0) is 6.42 Å². The van der Waals surface area contributed by atoms with Gasteiger partial charge >= 0.3 is 0 Å². The molecule has 0 amide bonds. The second-order valence-corrected chi connectivity index (χ2v) is 5.20. The summed E-state index contributed by atoms with van der Waals surface area (Å²) in [5.41, 5.74) is 0.766. The first-order valence-electron chi connectivity index (χ1n) is 6.18. The molecule has 0 heterocycles. The molecule has 1 nitrogen and oxygen atoms in total. The standard InChI is InChI=1S/C14H18F2O/c1-9-2-5-14(17)11(6-9)7-10-3-4-12(15)13(16)8-10/h3-4,8-9,11,14,17H,2,5-7H2,1H3. The summed E-state index contributed by atoms with van der Waals surface area (Å²) >= 11 is 0. The van der Waals surface area contributed by atoms with Crippen molar-refractivity contribution in [2.75, 3.05) is 0 Å². The Labute approximate surface area is 100 Å². The van der Waals surface area contributed by atoms with Crippen molar-refractivity contribution in [1.29, 1.82) is 0 Å². The van der Waals surface area contributed by atoms with E-state index >= 15 is 0 Å². The van der Waals surface area contributed by atoms with Crippen LogP contribution in [0, 0.1) is 23.5 Å². The van der Waals surface area contributed by atoms with Gasteiger partial charge in [-0.05, 0) is 55.2 Å². The van der Waals surface area contributed by atoms with Gasteiger partial charge in [-0.25, -0.2) is 8.78 Å². The van der Waals surface area contributed by atoms with Gasteiger partial charge < -0.3 is 5.11 Å². The molecular weight excluding hydrogens is 222 g/mol. The van der Waals surface area contributed by atoms with E-state index in [0.717, 1.165) is 30.9 Å². The predicted octanol–water partition coefficient (Wildman–Crippen LogP) is 3.30. The lowest BCUT2D eigenvalue weighted by Crippen LogP contribution is -2.29. The Morgan fingerprint density at radius 3 is 2.71 bits per heavy atom. The number of rotatable bonds is 2. The minimum atomic E-state index is -0.814. The van der Waals surface area contributed by atoms with E-state index in [0.29, 0.717) is 12.3 Å². The average Bonchev–Trinajstić information content (AvgIpc) is 2.29. The molecule has 3 unspecified atom stereocenters. The highest BCUT2D eigenvalue weighted by Crippen LogP contribution is 2.31. The summed E-state index contributed by atoms with van der Waals surface area (Å²) in [7, 11) is 0. The molecule has 1 aliphatic rings. The van der Waals surface area contributed by atoms with E-state index in [1.165, 1.54) is 6.07 Å². The number of hydrogen-bond donors (Lipinski definition) is 1. The Morgan fingerprint density at radius 2 is 2.00 bits per heavy atom. The maximum Gasteiger partial charge on any atom is 0.159 e. The van der Waals surface area contributed by atoms with Crippen LogP contribution >= 0.6 is 0 Å².